The van der Waals surface area contributed by atoms with Crippen molar-refractivity contribution in [3.05, 3.63) is 28.3 Å². The molecule has 0 aromatic heterocycles. The highest BCUT2D eigenvalue weighted by atomic mass is 16.6. The summed E-state index contributed by atoms with van der Waals surface area (Å²) in [6.45, 7) is 8.13. The molecule has 2 N–H and O–H groups in total. The molecule has 0 spiro atoms. The van der Waals surface area contributed by atoms with Crippen molar-refractivity contribution in [3.63, 3.8) is 0 Å². The van der Waals surface area contributed by atoms with Crippen LogP contribution >= 0.6 is 0 Å². The Kier molecular flexibility index (Phi) is 6.42. The van der Waals surface area contributed by atoms with Crippen molar-refractivity contribution in [2.45, 2.75) is 46.3 Å². The molecule has 118 valence electrons. The zero-order chi connectivity index (χ0) is 16.0. The van der Waals surface area contributed by atoms with Crippen molar-refractivity contribution >= 4 is 11.4 Å². The van der Waals surface area contributed by atoms with Crippen LogP contribution in [0.5, 0.6) is 5.75 Å². The summed E-state index contributed by atoms with van der Waals surface area (Å²) in [6, 6.07) is 4.54. The summed E-state index contributed by atoms with van der Waals surface area (Å²) < 4.78 is 5.51. The normalized spacial score (nSPS) is 12.5. The highest BCUT2D eigenvalue weighted by Crippen LogP contribution is 2.26. The summed E-state index contributed by atoms with van der Waals surface area (Å²) in [6.07, 6.45) is 0.127. The van der Waals surface area contributed by atoms with Crippen LogP contribution in [0.4, 0.5) is 11.4 Å². The van der Waals surface area contributed by atoms with Gasteiger partial charge in [0.1, 0.15) is 5.75 Å². The van der Waals surface area contributed by atoms with Gasteiger partial charge in [0.2, 0.25) is 0 Å². The van der Waals surface area contributed by atoms with Crippen LogP contribution in [0.15, 0.2) is 18.2 Å². The van der Waals surface area contributed by atoms with Crippen molar-refractivity contribution < 1.29 is 14.8 Å². The summed E-state index contributed by atoms with van der Waals surface area (Å²) in [5, 5.41) is 23.8. The van der Waals surface area contributed by atoms with Crippen molar-refractivity contribution in [3.8, 4) is 5.75 Å². The first-order valence-electron chi connectivity index (χ1n) is 7.16. The Balaban J connectivity index is 2.80. The number of aliphatic hydroxyl groups excluding tert-OH is 1. The molecule has 1 aromatic rings. The Morgan fingerprint density at radius 3 is 2.48 bits per heavy atom. The van der Waals surface area contributed by atoms with Gasteiger partial charge in [0.05, 0.1) is 23.2 Å². The number of anilines is 1. The number of ether oxygens (including phenoxy) is 1. The number of aliphatic hydroxyl groups is 1. The number of hydrogen-bond donors (Lipinski definition) is 2. The van der Waals surface area contributed by atoms with Crippen molar-refractivity contribution in [1.29, 1.82) is 0 Å². The van der Waals surface area contributed by atoms with Crippen LogP contribution in [-0.4, -0.2) is 28.8 Å². The molecule has 0 saturated heterocycles. The van der Waals surface area contributed by atoms with Gasteiger partial charge in [-0.3, -0.25) is 10.1 Å². The Morgan fingerprint density at radius 2 is 1.95 bits per heavy atom. The quantitative estimate of drug-likeness (QED) is 0.568. The molecule has 0 amide bonds. The van der Waals surface area contributed by atoms with Gasteiger partial charge in [-0.2, -0.15) is 0 Å². The second-order valence-electron chi connectivity index (χ2n) is 5.80. The van der Waals surface area contributed by atoms with Crippen LogP contribution in [0.25, 0.3) is 0 Å². The summed E-state index contributed by atoms with van der Waals surface area (Å²) in [7, 11) is 0. The van der Waals surface area contributed by atoms with Crippen molar-refractivity contribution in [1.82, 2.24) is 0 Å². The van der Waals surface area contributed by atoms with E-state index >= 15 is 0 Å². The molecule has 0 aliphatic heterocycles. The third-order valence-corrected chi connectivity index (χ3v) is 2.76. The maximum atomic E-state index is 10.9. The molecule has 1 aromatic carbocycles. The van der Waals surface area contributed by atoms with Crippen LogP contribution in [0.2, 0.25) is 0 Å². The Hall–Kier alpha value is -1.82. The standard InChI is InChI=1S/C15H24N2O4/c1-10(2)5-14(18)9-16-12-6-13(17(19)20)8-15(7-12)21-11(3)4/h6-8,10-11,14,16,18H,5,9H2,1-4H3. The zero-order valence-corrected chi connectivity index (χ0v) is 13.0. The molecule has 21 heavy (non-hydrogen) atoms. The Labute approximate surface area is 125 Å². The summed E-state index contributed by atoms with van der Waals surface area (Å²) in [5.74, 6) is 0.840. The van der Waals surface area contributed by atoms with Crippen LogP contribution in [-0.2, 0) is 0 Å². The maximum absolute atomic E-state index is 10.9. The molecule has 6 nitrogen and oxygen atoms in total. The SMILES string of the molecule is CC(C)CC(O)CNc1cc(OC(C)C)cc([N+](=O)[O-])c1. The molecule has 0 saturated carbocycles. The van der Waals surface area contributed by atoms with Gasteiger partial charge < -0.3 is 15.2 Å². The first kappa shape index (κ1) is 17.2. The highest BCUT2D eigenvalue weighted by Gasteiger charge is 2.13. The number of rotatable bonds is 8. The Morgan fingerprint density at radius 1 is 1.29 bits per heavy atom. The first-order valence-corrected chi connectivity index (χ1v) is 7.16. The molecule has 0 aliphatic rings. The topological polar surface area (TPSA) is 84.6 Å². The van der Waals surface area contributed by atoms with E-state index in [1.807, 2.05) is 27.7 Å². The number of non-ortho nitro benzene ring substituents is 1. The average Bonchev–Trinajstić information content (AvgIpc) is 2.34. The van der Waals surface area contributed by atoms with Crippen LogP contribution in [0.1, 0.15) is 34.1 Å². The number of benzene rings is 1. The molecule has 1 unspecified atom stereocenters. The molecule has 0 heterocycles. The Bertz CT molecular complexity index is 475. The minimum absolute atomic E-state index is 0.0333. The van der Waals surface area contributed by atoms with Gasteiger partial charge in [-0.05, 0) is 26.2 Å². The van der Waals surface area contributed by atoms with E-state index in [0.717, 1.165) is 0 Å². The van der Waals surface area contributed by atoms with E-state index in [9.17, 15) is 15.2 Å². The van der Waals surface area contributed by atoms with Crippen molar-refractivity contribution in [2.24, 2.45) is 5.92 Å². The van der Waals surface area contributed by atoms with Crippen LogP contribution in [0.3, 0.4) is 0 Å². The van der Waals surface area contributed by atoms with E-state index in [-0.39, 0.29) is 11.8 Å². The molecule has 0 fully saturated rings. The van der Waals surface area contributed by atoms with Crippen LogP contribution < -0.4 is 10.1 Å². The lowest BCUT2D eigenvalue weighted by Crippen LogP contribution is -2.21. The van der Waals surface area contributed by atoms with E-state index in [4.69, 9.17) is 4.74 Å². The molecule has 6 heteroatoms. The van der Waals surface area contributed by atoms with Gasteiger partial charge in [0.15, 0.2) is 0 Å². The van der Waals surface area contributed by atoms with Gasteiger partial charge in [-0.15, -0.1) is 0 Å². The summed E-state index contributed by atoms with van der Waals surface area (Å²) >= 11 is 0. The van der Waals surface area contributed by atoms with E-state index in [0.29, 0.717) is 30.3 Å². The van der Waals surface area contributed by atoms with E-state index in [1.165, 1.54) is 12.1 Å². The minimum atomic E-state index is -0.487. The number of nitro groups is 1. The lowest BCUT2D eigenvalue weighted by Gasteiger charge is -2.16. The van der Waals surface area contributed by atoms with Gasteiger partial charge >= 0.3 is 0 Å². The number of hydrogen-bond acceptors (Lipinski definition) is 5. The number of nitro benzene ring substituents is 1. The fourth-order valence-corrected chi connectivity index (χ4v) is 1.99. The van der Waals surface area contributed by atoms with E-state index < -0.39 is 11.0 Å². The van der Waals surface area contributed by atoms with E-state index in [1.54, 1.807) is 6.07 Å². The largest absolute Gasteiger partial charge is 0.491 e. The summed E-state index contributed by atoms with van der Waals surface area (Å²) in [5.41, 5.74) is 0.539. The molecule has 1 rings (SSSR count). The fraction of sp³-hybridized carbons (Fsp3) is 0.600. The van der Waals surface area contributed by atoms with Gasteiger partial charge in [0.25, 0.3) is 5.69 Å². The maximum Gasteiger partial charge on any atom is 0.275 e. The third-order valence-electron chi connectivity index (χ3n) is 2.76. The number of nitrogens with one attached hydrogen (secondary N) is 1. The average molecular weight is 296 g/mol. The predicted molar refractivity (Wildman–Crippen MR) is 82.8 cm³/mol. The number of nitrogens with zero attached hydrogens (tertiary/aromatic N) is 1. The van der Waals surface area contributed by atoms with Gasteiger partial charge in [0, 0.05) is 24.4 Å². The third kappa shape index (κ3) is 6.44. The smallest absolute Gasteiger partial charge is 0.275 e. The van der Waals surface area contributed by atoms with Crippen molar-refractivity contribution in [2.75, 3.05) is 11.9 Å². The second-order valence-corrected chi connectivity index (χ2v) is 5.80. The van der Waals surface area contributed by atoms with Crippen LogP contribution in [0, 0.1) is 16.0 Å². The molecular weight excluding hydrogens is 272 g/mol. The molecule has 0 bridgehead atoms. The molecular formula is C15H24N2O4. The second kappa shape index (κ2) is 7.83. The predicted octanol–water partition coefficient (Wildman–Crippen LogP) is 3.20. The minimum Gasteiger partial charge on any atom is -0.491 e. The van der Waals surface area contributed by atoms with E-state index in [2.05, 4.69) is 5.32 Å². The van der Waals surface area contributed by atoms with Gasteiger partial charge in [-0.1, -0.05) is 13.8 Å². The fourth-order valence-electron chi connectivity index (χ4n) is 1.99. The van der Waals surface area contributed by atoms with Gasteiger partial charge in [-0.25, -0.2) is 0 Å². The highest BCUT2D eigenvalue weighted by molar-refractivity contribution is 5.56. The monoisotopic (exact) mass is 296 g/mol. The molecule has 0 aliphatic carbocycles. The zero-order valence-electron chi connectivity index (χ0n) is 13.0. The summed E-state index contributed by atoms with van der Waals surface area (Å²) in [4.78, 5) is 10.5. The molecule has 0 radical (unpaired) electrons. The lowest BCUT2D eigenvalue weighted by molar-refractivity contribution is -0.384. The first-order chi connectivity index (χ1) is 9.77. The molecule has 1 atom stereocenters. The lowest BCUT2D eigenvalue weighted by atomic mass is 10.1.